The number of rotatable bonds is 6. The second-order valence-corrected chi connectivity index (χ2v) is 9.60. The summed E-state index contributed by atoms with van der Waals surface area (Å²) in [5.41, 5.74) is 1.44. The maximum absolute atomic E-state index is 13.0. The summed E-state index contributed by atoms with van der Waals surface area (Å²) in [6, 6.07) is 9.03. The quantitative estimate of drug-likeness (QED) is 0.271. The van der Waals surface area contributed by atoms with Crippen LogP contribution in [0, 0.1) is 0 Å². The van der Waals surface area contributed by atoms with Gasteiger partial charge in [-0.05, 0) is 87.7 Å². The molecule has 1 fully saturated rings. The Labute approximate surface area is 200 Å². The van der Waals surface area contributed by atoms with Crippen molar-refractivity contribution in [1.29, 1.82) is 0 Å². The molecule has 2 aromatic rings. The average Bonchev–Trinajstić information content (AvgIpc) is 2.94. The highest BCUT2D eigenvalue weighted by Crippen LogP contribution is 2.41. The smallest absolute Gasteiger partial charge is 0.270 e. The van der Waals surface area contributed by atoms with E-state index in [2.05, 4.69) is 31.9 Å². The van der Waals surface area contributed by atoms with E-state index >= 15 is 0 Å². The van der Waals surface area contributed by atoms with Crippen molar-refractivity contribution in [3.63, 3.8) is 0 Å². The van der Waals surface area contributed by atoms with Gasteiger partial charge in [-0.2, -0.15) is 0 Å². The van der Waals surface area contributed by atoms with Crippen molar-refractivity contribution < 1.29 is 14.3 Å². The summed E-state index contributed by atoms with van der Waals surface area (Å²) >= 11 is 19.7. The highest BCUT2D eigenvalue weighted by molar-refractivity contribution is 9.10. The zero-order valence-electron chi connectivity index (χ0n) is 15.5. The molecule has 2 aromatic carbocycles. The van der Waals surface area contributed by atoms with Crippen LogP contribution in [0.4, 0.5) is 5.69 Å². The van der Waals surface area contributed by atoms with E-state index in [4.69, 9.17) is 33.3 Å². The van der Waals surface area contributed by atoms with Gasteiger partial charge in [-0.15, -0.1) is 0 Å². The lowest BCUT2D eigenvalue weighted by molar-refractivity contribution is -0.113. The van der Waals surface area contributed by atoms with Crippen molar-refractivity contribution in [2.45, 2.75) is 13.8 Å². The second-order valence-electron chi connectivity index (χ2n) is 5.81. The van der Waals surface area contributed by atoms with Crippen LogP contribution in [0.1, 0.15) is 19.4 Å². The van der Waals surface area contributed by atoms with Gasteiger partial charge >= 0.3 is 0 Å². The van der Waals surface area contributed by atoms with Crippen molar-refractivity contribution >= 4 is 89.4 Å². The molecule has 1 aliphatic rings. The SMILES string of the molecule is CCOc1cc(/C=C2/SC(=S)N(c3ccc(Br)c(Cl)c3)C2=O)cc(Br)c1OCC. The molecule has 152 valence electrons. The molecule has 1 heterocycles. The third-order valence-electron chi connectivity index (χ3n) is 3.87. The van der Waals surface area contributed by atoms with E-state index in [1.54, 1.807) is 24.3 Å². The Balaban J connectivity index is 1.95. The molecule has 4 nitrogen and oxygen atoms in total. The normalized spacial score (nSPS) is 15.3. The first-order chi connectivity index (χ1) is 13.8. The van der Waals surface area contributed by atoms with Crippen molar-refractivity contribution in [3.8, 4) is 11.5 Å². The monoisotopic (exact) mass is 575 g/mol. The van der Waals surface area contributed by atoms with Crippen LogP contribution in [-0.2, 0) is 4.79 Å². The minimum absolute atomic E-state index is 0.193. The molecule has 1 aliphatic heterocycles. The predicted molar refractivity (Wildman–Crippen MR) is 131 cm³/mol. The van der Waals surface area contributed by atoms with E-state index in [0.717, 1.165) is 14.5 Å². The van der Waals surface area contributed by atoms with Crippen LogP contribution in [0.25, 0.3) is 6.08 Å². The van der Waals surface area contributed by atoms with Crippen LogP contribution in [0.5, 0.6) is 11.5 Å². The standard InChI is InChI=1S/C20H16Br2ClNO3S2/c1-3-26-16-8-11(7-14(22)18(16)27-4-2)9-17-19(25)24(20(28)29-17)12-5-6-13(21)15(23)10-12/h5-10H,3-4H2,1-2H3/b17-9+. The minimum Gasteiger partial charge on any atom is -0.490 e. The Morgan fingerprint density at radius 1 is 1.14 bits per heavy atom. The van der Waals surface area contributed by atoms with Crippen molar-refractivity contribution in [1.82, 2.24) is 0 Å². The Morgan fingerprint density at radius 3 is 2.52 bits per heavy atom. The van der Waals surface area contributed by atoms with E-state index < -0.39 is 0 Å². The summed E-state index contributed by atoms with van der Waals surface area (Å²) in [7, 11) is 0. The second kappa shape index (κ2) is 9.83. The van der Waals surface area contributed by atoms with Crippen LogP contribution < -0.4 is 14.4 Å². The van der Waals surface area contributed by atoms with E-state index in [9.17, 15) is 4.79 Å². The van der Waals surface area contributed by atoms with Crippen molar-refractivity contribution in [3.05, 3.63) is 54.8 Å². The Bertz CT molecular complexity index is 1010. The van der Waals surface area contributed by atoms with Crippen LogP contribution in [0.15, 0.2) is 44.2 Å². The van der Waals surface area contributed by atoms with Crippen molar-refractivity contribution in [2.75, 3.05) is 18.1 Å². The molecule has 3 rings (SSSR count). The van der Waals surface area contributed by atoms with Gasteiger partial charge in [0.15, 0.2) is 15.8 Å². The molecule has 0 atom stereocenters. The lowest BCUT2D eigenvalue weighted by atomic mass is 10.1. The fraction of sp³-hybridized carbons (Fsp3) is 0.200. The molecule has 0 aromatic heterocycles. The van der Waals surface area contributed by atoms with Crippen LogP contribution in [0.2, 0.25) is 5.02 Å². The lowest BCUT2D eigenvalue weighted by Gasteiger charge is -2.15. The maximum Gasteiger partial charge on any atom is 0.270 e. The lowest BCUT2D eigenvalue weighted by Crippen LogP contribution is -2.27. The molecule has 0 spiro atoms. The Kier molecular flexibility index (Phi) is 7.67. The molecule has 1 saturated heterocycles. The number of thioether (sulfide) groups is 1. The summed E-state index contributed by atoms with van der Waals surface area (Å²) in [5, 5.41) is 0.511. The number of hydrogen-bond acceptors (Lipinski definition) is 5. The highest BCUT2D eigenvalue weighted by atomic mass is 79.9. The van der Waals surface area contributed by atoms with Gasteiger partial charge in [0.2, 0.25) is 0 Å². The van der Waals surface area contributed by atoms with E-state index in [1.807, 2.05) is 26.0 Å². The van der Waals surface area contributed by atoms with E-state index in [-0.39, 0.29) is 5.91 Å². The third-order valence-corrected chi connectivity index (χ3v) is 7.00. The summed E-state index contributed by atoms with van der Waals surface area (Å²) in [4.78, 5) is 15.0. The van der Waals surface area contributed by atoms with Gasteiger partial charge in [0.1, 0.15) is 0 Å². The van der Waals surface area contributed by atoms with Crippen LogP contribution >= 0.6 is 67.4 Å². The predicted octanol–water partition coefficient (Wildman–Crippen LogP) is 7.07. The first-order valence-corrected chi connectivity index (χ1v) is 11.9. The van der Waals surface area contributed by atoms with Gasteiger partial charge in [-0.25, -0.2) is 0 Å². The van der Waals surface area contributed by atoms with Crippen LogP contribution in [-0.4, -0.2) is 23.4 Å². The summed E-state index contributed by atoms with van der Waals surface area (Å²) in [5.74, 6) is 1.06. The van der Waals surface area contributed by atoms with E-state index in [0.29, 0.717) is 44.6 Å². The highest BCUT2D eigenvalue weighted by Gasteiger charge is 2.33. The summed E-state index contributed by atoms with van der Waals surface area (Å²) in [6.07, 6.45) is 1.79. The molecule has 9 heteroatoms. The van der Waals surface area contributed by atoms with E-state index in [1.165, 1.54) is 16.7 Å². The van der Waals surface area contributed by atoms with Gasteiger partial charge in [-0.3, -0.25) is 9.69 Å². The summed E-state index contributed by atoms with van der Waals surface area (Å²) in [6.45, 7) is 4.84. The molecule has 0 N–H and O–H groups in total. The molecule has 0 bridgehead atoms. The zero-order chi connectivity index (χ0) is 21.1. The topological polar surface area (TPSA) is 38.8 Å². The largest absolute Gasteiger partial charge is 0.490 e. The van der Waals surface area contributed by atoms with Gasteiger partial charge in [0.25, 0.3) is 5.91 Å². The summed E-state index contributed by atoms with van der Waals surface area (Å²) < 4.78 is 13.3. The number of carbonyl (C=O) groups is 1. The molecule has 0 saturated carbocycles. The fourth-order valence-corrected chi connectivity index (χ4v) is 4.98. The first kappa shape index (κ1) is 22.6. The van der Waals surface area contributed by atoms with Gasteiger partial charge < -0.3 is 9.47 Å². The Hall–Kier alpha value is -1.06. The van der Waals surface area contributed by atoms with Gasteiger partial charge in [-0.1, -0.05) is 35.6 Å². The number of halogens is 3. The number of ether oxygens (including phenoxy) is 2. The number of benzene rings is 2. The Morgan fingerprint density at radius 2 is 1.86 bits per heavy atom. The average molecular weight is 578 g/mol. The molecule has 0 unspecified atom stereocenters. The molecular weight excluding hydrogens is 562 g/mol. The third kappa shape index (κ3) is 4.99. The number of carbonyl (C=O) groups excluding carboxylic acids is 1. The molecule has 29 heavy (non-hydrogen) atoms. The maximum atomic E-state index is 13.0. The minimum atomic E-state index is -0.193. The molecule has 0 aliphatic carbocycles. The van der Waals surface area contributed by atoms with Gasteiger partial charge in [0.05, 0.1) is 33.3 Å². The fourth-order valence-electron chi connectivity index (χ4n) is 2.68. The number of nitrogens with zero attached hydrogens (tertiary/aromatic N) is 1. The van der Waals surface area contributed by atoms with Crippen LogP contribution in [0.3, 0.4) is 0 Å². The number of hydrogen-bond donors (Lipinski definition) is 0. The molecule has 1 amide bonds. The number of thiocarbonyl (C=S) groups is 1. The van der Waals surface area contributed by atoms with Crippen molar-refractivity contribution in [2.24, 2.45) is 0 Å². The van der Waals surface area contributed by atoms with Gasteiger partial charge in [0, 0.05) is 4.47 Å². The molecular formula is C20H16Br2ClNO3S2. The first-order valence-electron chi connectivity index (χ1n) is 8.67. The number of amides is 1. The zero-order valence-corrected chi connectivity index (χ0v) is 21.1. The number of anilines is 1. The molecule has 0 radical (unpaired) electrons.